The SMILES string of the molecule is CCOC(=O)c1sc(NC(=O)CS(=O)(=O)Cc2ccc(Cl)cc2)nc1C. The monoisotopic (exact) mass is 416 g/mol. The van der Waals surface area contributed by atoms with Crippen molar-refractivity contribution in [1.82, 2.24) is 4.98 Å². The summed E-state index contributed by atoms with van der Waals surface area (Å²) in [6.45, 7) is 3.51. The molecule has 0 saturated heterocycles. The molecule has 0 aliphatic rings. The topological polar surface area (TPSA) is 102 Å². The molecule has 140 valence electrons. The molecule has 7 nitrogen and oxygen atoms in total. The number of anilines is 1. The van der Waals surface area contributed by atoms with E-state index in [4.69, 9.17) is 16.3 Å². The summed E-state index contributed by atoms with van der Waals surface area (Å²) in [5.74, 6) is -2.22. The van der Waals surface area contributed by atoms with E-state index in [2.05, 4.69) is 10.3 Å². The molecule has 0 bridgehead atoms. The molecule has 0 atom stereocenters. The first-order valence-corrected chi connectivity index (χ1v) is 10.6. The molecular weight excluding hydrogens is 400 g/mol. The van der Waals surface area contributed by atoms with Crippen LogP contribution in [-0.2, 0) is 25.1 Å². The van der Waals surface area contributed by atoms with Gasteiger partial charge in [-0.25, -0.2) is 18.2 Å². The number of hydrogen-bond donors (Lipinski definition) is 1. The molecule has 0 fully saturated rings. The van der Waals surface area contributed by atoms with Gasteiger partial charge in [-0.15, -0.1) is 0 Å². The van der Waals surface area contributed by atoms with Crippen LogP contribution in [0.25, 0.3) is 0 Å². The molecule has 1 N–H and O–H groups in total. The highest BCUT2D eigenvalue weighted by molar-refractivity contribution is 7.91. The number of rotatable bonds is 7. The van der Waals surface area contributed by atoms with Crippen molar-refractivity contribution in [2.24, 2.45) is 0 Å². The highest BCUT2D eigenvalue weighted by Crippen LogP contribution is 2.23. The summed E-state index contributed by atoms with van der Waals surface area (Å²) in [6, 6.07) is 6.35. The minimum atomic E-state index is -3.66. The fourth-order valence-electron chi connectivity index (χ4n) is 2.08. The zero-order chi connectivity index (χ0) is 19.3. The minimum Gasteiger partial charge on any atom is -0.462 e. The van der Waals surface area contributed by atoms with Crippen LogP contribution in [-0.4, -0.2) is 37.6 Å². The van der Waals surface area contributed by atoms with Gasteiger partial charge in [0.15, 0.2) is 15.0 Å². The van der Waals surface area contributed by atoms with Crippen molar-refractivity contribution in [3.8, 4) is 0 Å². The number of nitrogens with zero attached hydrogens (tertiary/aromatic N) is 1. The van der Waals surface area contributed by atoms with Crippen molar-refractivity contribution in [3.05, 3.63) is 45.4 Å². The standard InChI is InChI=1S/C16H17ClN2O5S2/c1-3-24-15(21)14-10(2)18-16(25-14)19-13(20)9-26(22,23)8-11-4-6-12(17)7-5-11/h4-7H,3,8-9H2,1-2H3,(H,18,19,20). The Kier molecular flexibility index (Phi) is 6.74. The van der Waals surface area contributed by atoms with Gasteiger partial charge in [-0.2, -0.15) is 0 Å². The normalized spacial score (nSPS) is 11.2. The maximum absolute atomic E-state index is 12.2. The number of halogens is 1. The van der Waals surface area contributed by atoms with Gasteiger partial charge in [-0.05, 0) is 31.5 Å². The molecule has 0 saturated carbocycles. The van der Waals surface area contributed by atoms with E-state index in [0.717, 1.165) is 11.3 Å². The maximum atomic E-state index is 12.2. The molecule has 1 heterocycles. The molecule has 1 amide bonds. The van der Waals surface area contributed by atoms with Gasteiger partial charge in [0.25, 0.3) is 0 Å². The van der Waals surface area contributed by atoms with Crippen LogP contribution in [0.2, 0.25) is 5.02 Å². The van der Waals surface area contributed by atoms with Crippen molar-refractivity contribution in [2.45, 2.75) is 19.6 Å². The van der Waals surface area contributed by atoms with Crippen LogP contribution in [0, 0.1) is 6.92 Å². The van der Waals surface area contributed by atoms with Crippen molar-refractivity contribution in [2.75, 3.05) is 17.7 Å². The summed E-state index contributed by atoms with van der Waals surface area (Å²) in [5.41, 5.74) is 0.949. The smallest absolute Gasteiger partial charge is 0.350 e. The van der Waals surface area contributed by atoms with Gasteiger partial charge in [0, 0.05) is 5.02 Å². The van der Waals surface area contributed by atoms with Gasteiger partial charge in [-0.1, -0.05) is 35.1 Å². The fourth-order valence-corrected chi connectivity index (χ4v) is 4.35. The van der Waals surface area contributed by atoms with Gasteiger partial charge >= 0.3 is 5.97 Å². The van der Waals surface area contributed by atoms with Crippen LogP contribution in [0.1, 0.15) is 27.9 Å². The number of aromatic nitrogens is 1. The van der Waals surface area contributed by atoms with E-state index in [1.165, 1.54) is 0 Å². The Morgan fingerprint density at radius 3 is 2.54 bits per heavy atom. The second kappa shape index (κ2) is 8.61. The number of ether oxygens (including phenoxy) is 1. The third-order valence-corrected chi connectivity index (χ3v) is 5.93. The number of nitrogens with one attached hydrogen (secondary N) is 1. The zero-order valence-corrected chi connectivity index (χ0v) is 16.5. The Morgan fingerprint density at radius 1 is 1.27 bits per heavy atom. The lowest BCUT2D eigenvalue weighted by Gasteiger charge is -2.05. The van der Waals surface area contributed by atoms with E-state index >= 15 is 0 Å². The maximum Gasteiger partial charge on any atom is 0.350 e. The Balaban J connectivity index is 2.00. The van der Waals surface area contributed by atoms with E-state index in [-0.39, 0.29) is 22.4 Å². The van der Waals surface area contributed by atoms with Gasteiger partial charge < -0.3 is 10.1 Å². The predicted octanol–water partition coefficient (Wildman–Crippen LogP) is 2.84. The first kappa shape index (κ1) is 20.3. The Morgan fingerprint density at radius 2 is 1.92 bits per heavy atom. The number of esters is 1. The van der Waals surface area contributed by atoms with Crippen molar-refractivity contribution < 1.29 is 22.7 Å². The summed E-state index contributed by atoms with van der Waals surface area (Å²) < 4.78 is 29.2. The molecule has 2 aromatic rings. The lowest BCUT2D eigenvalue weighted by molar-refractivity contribution is -0.113. The first-order chi connectivity index (χ1) is 12.2. The molecule has 0 spiro atoms. The van der Waals surface area contributed by atoms with E-state index in [1.807, 2.05) is 0 Å². The number of amides is 1. The Bertz CT molecular complexity index is 907. The summed E-state index contributed by atoms with van der Waals surface area (Å²) in [4.78, 5) is 28.1. The van der Waals surface area contributed by atoms with E-state index in [9.17, 15) is 18.0 Å². The largest absolute Gasteiger partial charge is 0.462 e. The van der Waals surface area contributed by atoms with Crippen molar-refractivity contribution >= 4 is 49.8 Å². The lowest BCUT2D eigenvalue weighted by atomic mass is 10.2. The molecule has 0 radical (unpaired) electrons. The van der Waals surface area contributed by atoms with Crippen LogP contribution in [0.5, 0.6) is 0 Å². The van der Waals surface area contributed by atoms with Gasteiger partial charge in [0.2, 0.25) is 5.91 Å². The van der Waals surface area contributed by atoms with Crippen LogP contribution in [0.4, 0.5) is 5.13 Å². The Hall–Kier alpha value is -1.97. The van der Waals surface area contributed by atoms with Gasteiger partial charge in [-0.3, -0.25) is 4.79 Å². The average Bonchev–Trinajstić information content (AvgIpc) is 2.89. The fraction of sp³-hybridized carbons (Fsp3) is 0.312. The third kappa shape index (κ3) is 5.79. The predicted molar refractivity (Wildman–Crippen MR) is 100 cm³/mol. The minimum absolute atomic E-state index is 0.150. The van der Waals surface area contributed by atoms with E-state index in [1.54, 1.807) is 38.1 Å². The number of carbonyl (C=O) groups is 2. The van der Waals surface area contributed by atoms with E-state index < -0.39 is 27.5 Å². The number of hydrogen-bond acceptors (Lipinski definition) is 7. The second-order valence-corrected chi connectivity index (χ2v) is 8.86. The molecular formula is C16H17ClN2O5S2. The third-order valence-electron chi connectivity index (χ3n) is 3.15. The quantitative estimate of drug-likeness (QED) is 0.696. The van der Waals surface area contributed by atoms with Crippen LogP contribution in [0.15, 0.2) is 24.3 Å². The Labute approximate surface area is 160 Å². The van der Waals surface area contributed by atoms with Crippen LogP contribution >= 0.6 is 22.9 Å². The van der Waals surface area contributed by atoms with E-state index in [0.29, 0.717) is 16.3 Å². The molecule has 0 aliphatic heterocycles. The number of sulfone groups is 1. The van der Waals surface area contributed by atoms with Crippen LogP contribution in [0.3, 0.4) is 0 Å². The molecule has 10 heteroatoms. The van der Waals surface area contributed by atoms with Crippen molar-refractivity contribution in [1.29, 1.82) is 0 Å². The number of aryl methyl sites for hydroxylation is 1. The summed E-state index contributed by atoms with van der Waals surface area (Å²) in [7, 11) is -3.66. The number of carbonyl (C=O) groups excluding carboxylic acids is 2. The lowest BCUT2D eigenvalue weighted by Crippen LogP contribution is -2.23. The molecule has 26 heavy (non-hydrogen) atoms. The zero-order valence-electron chi connectivity index (χ0n) is 14.1. The molecule has 1 aromatic heterocycles. The first-order valence-electron chi connectivity index (χ1n) is 7.59. The molecule has 2 rings (SSSR count). The average molecular weight is 417 g/mol. The second-order valence-electron chi connectivity index (χ2n) is 5.36. The van der Waals surface area contributed by atoms with Crippen LogP contribution < -0.4 is 5.32 Å². The molecule has 0 aliphatic carbocycles. The van der Waals surface area contributed by atoms with Gasteiger partial charge in [0.1, 0.15) is 10.6 Å². The van der Waals surface area contributed by atoms with Crippen molar-refractivity contribution in [3.63, 3.8) is 0 Å². The molecule has 1 aromatic carbocycles. The summed E-state index contributed by atoms with van der Waals surface area (Å²) >= 11 is 6.70. The summed E-state index contributed by atoms with van der Waals surface area (Å²) in [6.07, 6.45) is 0. The highest BCUT2D eigenvalue weighted by Gasteiger charge is 2.21. The number of thiazole rings is 1. The number of benzene rings is 1. The van der Waals surface area contributed by atoms with Gasteiger partial charge in [0.05, 0.1) is 18.1 Å². The summed E-state index contributed by atoms with van der Waals surface area (Å²) in [5, 5.41) is 3.06. The molecule has 0 unspecified atom stereocenters. The highest BCUT2D eigenvalue weighted by atomic mass is 35.5.